The van der Waals surface area contributed by atoms with Crippen LogP contribution >= 0.6 is 0 Å². The van der Waals surface area contributed by atoms with Gasteiger partial charge in [-0.2, -0.15) is 0 Å². The zero-order chi connectivity index (χ0) is 20.1. The average Bonchev–Trinajstić information content (AvgIpc) is 2.75. The maximum Gasteiger partial charge on any atom is 0.274 e. The van der Waals surface area contributed by atoms with Crippen LogP contribution in [0.25, 0.3) is 11.3 Å². The highest BCUT2D eigenvalue weighted by molar-refractivity contribution is 6.03. The molecule has 0 radical (unpaired) electrons. The van der Waals surface area contributed by atoms with Gasteiger partial charge in [0, 0.05) is 35.0 Å². The second kappa shape index (κ2) is 8.18. The first-order valence-corrected chi connectivity index (χ1v) is 8.96. The Hall–Kier alpha value is -4.26. The largest absolute Gasteiger partial charge is 0.399 e. The lowest BCUT2D eigenvalue weighted by molar-refractivity contribution is 0.102. The van der Waals surface area contributed by atoms with E-state index in [9.17, 15) is 4.79 Å². The van der Waals surface area contributed by atoms with E-state index in [1.807, 2.05) is 54.6 Å². The summed E-state index contributed by atoms with van der Waals surface area (Å²) in [6.07, 6.45) is 3.26. The highest BCUT2D eigenvalue weighted by Gasteiger charge is 2.08. The van der Waals surface area contributed by atoms with Crippen molar-refractivity contribution in [1.29, 1.82) is 0 Å². The van der Waals surface area contributed by atoms with E-state index in [4.69, 9.17) is 5.73 Å². The molecule has 29 heavy (non-hydrogen) atoms. The minimum atomic E-state index is -0.269. The van der Waals surface area contributed by atoms with Crippen molar-refractivity contribution in [2.24, 2.45) is 0 Å². The number of carbonyl (C=O) groups is 1. The number of nitrogens with one attached hydrogen (secondary N) is 2. The van der Waals surface area contributed by atoms with Gasteiger partial charge in [-0.3, -0.25) is 9.78 Å². The Morgan fingerprint density at radius 1 is 0.828 bits per heavy atom. The number of benzene rings is 2. The number of carbonyl (C=O) groups excluding carboxylic acids is 1. The highest BCUT2D eigenvalue weighted by atomic mass is 16.1. The topological polar surface area (TPSA) is 106 Å². The Bertz CT molecular complexity index is 1150. The lowest BCUT2D eigenvalue weighted by Crippen LogP contribution is -2.13. The van der Waals surface area contributed by atoms with E-state index in [2.05, 4.69) is 25.6 Å². The van der Waals surface area contributed by atoms with Gasteiger partial charge in [-0.25, -0.2) is 9.97 Å². The monoisotopic (exact) mass is 382 g/mol. The Morgan fingerprint density at radius 3 is 2.52 bits per heavy atom. The molecular weight excluding hydrogens is 364 g/mol. The van der Waals surface area contributed by atoms with Crippen LogP contribution in [-0.4, -0.2) is 20.9 Å². The molecule has 142 valence electrons. The number of nitrogens with zero attached hydrogens (tertiary/aromatic N) is 3. The number of nitrogens with two attached hydrogens (primary N) is 1. The zero-order valence-electron chi connectivity index (χ0n) is 15.4. The molecule has 4 aromatic rings. The number of pyridine rings is 1. The molecule has 0 fully saturated rings. The standard InChI is InChI=1S/C22H18N6O/c23-16-6-4-8-18(14-16)27-22-25-12-10-19(28-22)15-5-3-7-17(13-15)26-21(29)20-9-1-2-11-24-20/h1-14H,23H2,(H,26,29)(H,25,27,28). The van der Waals surface area contributed by atoms with Crippen molar-refractivity contribution in [3.8, 4) is 11.3 Å². The van der Waals surface area contributed by atoms with E-state index in [-0.39, 0.29) is 5.91 Å². The van der Waals surface area contributed by atoms with Gasteiger partial charge in [-0.1, -0.05) is 24.3 Å². The SMILES string of the molecule is Nc1cccc(Nc2nccc(-c3cccc(NC(=O)c4ccccn4)c3)n2)c1. The molecule has 2 heterocycles. The number of nitrogen functional groups attached to an aromatic ring is 1. The van der Waals surface area contributed by atoms with Crippen LogP contribution < -0.4 is 16.4 Å². The molecule has 7 nitrogen and oxygen atoms in total. The summed E-state index contributed by atoms with van der Waals surface area (Å²) in [7, 11) is 0. The second-order valence-electron chi connectivity index (χ2n) is 6.27. The summed E-state index contributed by atoms with van der Waals surface area (Å²) < 4.78 is 0. The fourth-order valence-corrected chi connectivity index (χ4v) is 2.77. The molecule has 4 N–H and O–H groups in total. The normalized spacial score (nSPS) is 10.3. The maximum absolute atomic E-state index is 12.3. The van der Waals surface area contributed by atoms with E-state index in [1.54, 1.807) is 30.6 Å². The van der Waals surface area contributed by atoms with Gasteiger partial charge in [0.05, 0.1) is 5.69 Å². The molecule has 0 saturated carbocycles. The average molecular weight is 382 g/mol. The van der Waals surface area contributed by atoms with Crippen LogP contribution in [0.3, 0.4) is 0 Å². The summed E-state index contributed by atoms with van der Waals surface area (Å²) in [5.41, 5.74) is 9.85. The first-order valence-electron chi connectivity index (χ1n) is 8.96. The molecular formula is C22H18N6O. The molecule has 0 aliphatic carbocycles. The number of hydrogen-bond acceptors (Lipinski definition) is 6. The van der Waals surface area contributed by atoms with Gasteiger partial charge in [-0.05, 0) is 48.5 Å². The molecule has 0 atom stereocenters. The Labute approximate surface area is 167 Å². The lowest BCUT2D eigenvalue weighted by atomic mass is 10.1. The third kappa shape index (κ3) is 4.54. The molecule has 1 amide bonds. The first kappa shape index (κ1) is 18.1. The molecule has 0 saturated heterocycles. The van der Waals surface area contributed by atoms with Crippen molar-refractivity contribution < 1.29 is 4.79 Å². The molecule has 2 aromatic heterocycles. The Kier molecular flexibility index (Phi) is 5.11. The van der Waals surface area contributed by atoms with Crippen molar-refractivity contribution in [2.75, 3.05) is 16.4 Å². The Balaban J connectivity index is 1.54. The summed E-state index contributed by atoms with van der Waals surface area (Å²) in [5.74, 6) is 0.186. The van der Waals surface area contributed by atoms with Crippen LogP contribution in [0.1, 0.15) is 10.5 Å². The molecule has 0 aliphatic rings. The van der Waals surface area contributed by atoms with E-state index in [0.29, 0.717) is 23.0 Å². The summed E-state index contributed by atoms with van der Waals surface area (Å²) in [6, 6.07) is 21.8. The molecule has 0 bridgehead atoms. The van der Waals surface area contributed by atoms with Gasteiger partial charge in [0.1, 0.15) is 5.69 Å². The van der Waals surface area contributed by atoms with Gasteiger partial charge in [0.2, 0.25) is 5.95 Å². The quantitative estimate of drug-likeness (QED) is 0.449. The zero-order valence-corrected chi connectivity index (χ0v) is 15.4. The Morgan fingerprint density at radius 2 is 1.69 bits per heavy atom. The van der Waals surface area contributed by atoms with Crippen LogP contribution in [0, 0.1) is 0 Å². The number of anilines is 4. The van der Waals surface area contributed by atoms with Crippen LogP contribution in [0.4, 0.5) is 23.0 Å². The fraction of sp³-hybridized carbons (Fsp3) is 0. The summed E-state index contributed by atoms with van der Waals surface area (Å²) >= 11 is 0. The van der Waals surface area contributed by atoms with Crippen molar-refractivity contribution in [3.63, 3.8) is 0 Å². The lowest BCUT2D eigenvalue weighted by Gasteiger charge is -2.09. The summed E-state index contributed by atoms with van der Waals surface area (Å²) in [6.45, 7) is 0. The molecule has 7 heteroatoms. The molecule has 4 rings (SSSR count). The third-order valence-electron chi connectivity index (χ3n) is 4.11. The van der Waals surface area contributed by atoms with Crippen LogP contribution in [-0.2, 0) is 0 Å². The number of rotatable bonds is 5. The molecule has 0 unspecified atom stereocenters. The third-order valence-corrected chi connectivity index (χ3v) is 4.11. The van der Waals surface area contributed by atoms with E-state index in [1.165, 1.54) is 0 Å². The van der Waals surface area contributed by atoms with Crippen LogP contribution in [0.15, 0.2) is 85.2 Å². The number of amides is 1. The maximum atomic E-state index is 12.3. The smallest absolute Gasteiger partial charge is 0.274 e. The van der Waals surface area contributed by atoms with Crippen LogP contribution in [0.5, 0.6) is 0 Å². The van der Waals surface area contributed by atoms with E-state index in [0.717, 1.165) is 16.9 Å². The van der Waals surface area contributed by atoms with Gasteiger partial charge in [0.25, 0.3) is 5.91 Å². The number of aromatic nitrogens is 3. The van der Waals surface area contributed by atoms with Crippen molar-refractivity contribution in [2.45, 2.75) is 0 Å². The predicted octanol–water partition coefficient (Wildman–Crippen LogP) is 4.12. The van der Waals surface area contributed by atoms with Gasteiger partial charge in [0.15, 0.2) is 0 Å². The molecule has 0 aliphatic heterocycles. The van der Waals surface area contributed by atoms with Gasteiger partial charge >= 0.3 is 0 Å². The first-order chi connectivity index (χ1) is 14.2. The number of hydrogen-bond donors (Lipinski definition) is 3. The minimum absolute atomic E-state index is 0.269. The van der Waals surface area contributed by atoms with Crippen molar-refractivity contribution in [3.05, 3.63) is 90.9 Å². The van der Waals surface area contributed by atoms with Gasteiger partial charge in [-0.15, -0.1) is 0 Å². The van der Waals surface area contributed by atoms with Crippen molar-refractivity contribution >= 4 is 28.9 Å². The summed E-state index contributed by atoms with van der Waals surface area (Å²) in [5, 5.41) is 6.00. The predicted molar refractivity (Wildman–Crippen MR) is 114 cm³/mol. The minimum Gasteiger partial charge on any atom is -0.399 e. The summed E-state index contributed by atoms with van der Waals surface area (Å²) in [4.78, 5) is 25.2. The molecule has 2 aromatic carbocycles. The highest BCUT2D eigenvalue weighted by Crippen LogP contribution is 2.23. The fourth-order valence-electron chi connectivity index (χ4n) is 2.77. The van der Waals surface area contributed by atoms with Crippen LogP contribution in [0.2, 0.25) is 0 Å². The van der Waals surface area contributed by atoms with Crippen molar-refractivity contribution in [1.82, 2.24) is 15.0 Å². The van der Waals surface area contributed by atoms with E-state index < -0.39 is 0 Å². The van der Waals surface area contributed by atoms with E-state index >= 15 is 0 Å². The second-order valence-corrected chi connectivity index (χ2v) is 6.27. The molecule has 0 spiro atoms. The van der Waals surface area contributed by atoms with Gasteiger partial charge < -0.3 is 16.4 Å².